The van der Waals surface area contributed by atoms with Crippen LogP contribution in [-0.2, 0) is 4.74 Å². The van der Waals surface area contributed by atoms with E-state index in [-0.39, 0.29) is 5.97 Å². The number of thiazole rings is 1. The molecule has 0 aliphatic carbocycles. The number of aryl methyl sites for hydroxylation is 1. The predicted octanol–water partition coefficient (Wildman–Crippen LogP) is 3.96. The molecular weight excluding hydrogens is 266 g/mol. The normalized spacial score (nSPS) is 10.3. The van der Waals surface area contributed by atoms with Crippen molar-refractivity contribution in [1.29, 1.82) is 0 Å². The fourth-order valence-electron chi connectivity index (χ4n) is 1.66. The van der Waals surface area contributed by atoms with Crippen LogP contribution in [0.15, 0.2) is 24.3 Å². The molecule has 1 aromatic heterocycles. The summed E-state index contributed by atoms with van der Waals surface area (Å²) in [6, 6.07) is 7.96. The fraction of sp³-hybridized carbons (Fsp3) is 0.231. The summed E-state index contributed by atoms with van der Waals surface area (Å²) >= 11 is 6.50. The number of aromatic nitrogens is 1. The van der Waals surface area contributed by atoms with Crippen LogP contribution in [0.5, 0.6) is 0 Å². The van der Waals surface area contributed by atoms with Gasteiger partial charge in [0.25, 0.3) is 0 Å². The Balaban J connectivity index is 2.51. The molecule has 0 amide bonds. The lowest BCUT2D eigenvalue weighted by Gasteiger charge is -2.03. The Kier molecular flexibility index (Phi) is 3.93. The third kappa shape index (κ3) is 2.68. The molecule has 1 N–H and O–H groups in total. The second-order valence-electron chi connectivity index (χ2n) is 3.81. The smallest absolute Gasteiger partial charge is 0.356 e. The van der Waals surface area contributed by atoms with Crippen molar-refractivity contribution in [3.63, 3.8) is 0 Å². The van der Waals surface area contributed by atoms with Crippen molar-refractivity contribution in [2.75, 3.05) is 6.61 Å². The Morgan fingerprint density at radius 3 is 2.94 bits per heavy atom. The highest BCUT2D eigenvalue weighted by Gasteiger charge is 2.17. The average molecular weight is 279 g/mol. The molecule has 94 valence electrons. The molecule has 3 nitrogen and oxygen atoms in total. The van der Waals surface area contributed by atoms with Crippen LogP contribution in [0.1, 0.15) is 23.0 Å². The van der Waals surface area contributed by atoms with Gasteiger partial charge in [-0.25, -0.2) is 4.79 Å². The summed E-state index contributed by atoms with van der Waals surface area (Å²) in [6.45, 7) is 4.15. The van der Waals surface area contributed by atoms with Gasteiger partial charge < -0.3 is 9.72 Å². The van der Waals surface area contributed by atoms with E-state index in [4.69, 9.17) is 17.0 Å². The molecule has 0 spiro atoms. The zero-order chi connectivity index (χ0) is 13.1. The van der Waals surface area contributed by atoms with Crippen LogP contribution in [0, 0.1) is 10.9 Å². The first-order valence-corrected chi connectivity index (χ1v) is 6.81. The van der Waals surface area contributed by atoms with Gasteiger partial charge >= 0.3 is 5.97 Å². The number of carbonyl (C=O) groups is 1. The van der Waals surface area contributed by atoms with Crippen molar-refractivity contribution in [3.8, 4) is 10.4 Å². The minimum atomic E-state index is -0.360. The van der Waals surface area contributed by atoms with Crippen molar-refractivity contribution in [1.82, 2.24) is 4.98 Å². The largest absolute Gasteiger partial charge is 0.461 e. The molecule has 18 heavy (non-hydrogen) atoms. The van der Waals surface area contributed by atoms with Crippen molar-refractivity contribution in [2.24, 2.45) is 0 Å². The zero-order valence-electron chi connectivity index (χ0n) is 10.1. The van der Waals surface area contributed by atoms with Crippen LogP contribution in [0.25, 0.3) is 10.4 Å². The molecule has 0 radical (unpaired) electrons. The lowest BCUT2D eigenvalue weighted by molar-refractivity contribution is 0.0521. The molecule has 2 rings (SSSR count). The first-order valence-electron chi connectivity index (χ1n) is 5.59. The number of benzene rings is 1. The number of aromatic amines is 1. The summed E-state index contributed by atoms with van der Waals surface area (Å²) in [6.07, 6.45) is 0. The van der Waals surface area contributed by atoms with E-state index in [0.717, 1.165) is 16.0 Å². The summed E-state index contributed by atoms with van der Waals surface area (Å²) < 4.78 is 5.60. The highest BCUT2D eigenvalue weighted by atomic mass is 32.1. The molecule has 0 atom stereocenters. The molecule has 5 heteroatoms. The SMILES string of the molecule is CCOC(=O)c1[nH]c(=S)sc1-c1cccc(C)c1. The minimum absolute atomic E-state index is 0.350. The molecule has 1 aromatic carbocycles. The summed E-state index contributed by atoms with van der Waals surface area (Å²) in [5.41, 5.74) is 2.56. The summed E-state index contributed by atoms with van der Waals surface area (Å²) in [5.74, 6) is -0.360. The number of carbonyl (C=O) groups excluding carboxylic acids is 1. The van der Waals surface area contributed by atoms with Gasteiger partial charge in [-0.3, -0.25) is 0 Å². The first kappa shape index (κ1) is 13.0. The van der Waals surface area contributed by atoms with Crippen molar-refractivity contribution >= 4 is 29.5 Å². The maximum Gasteiger partial charge on any atom is 0.356 e. The fourth-order valence-corrected chi connectivity index (χ4v) is 2.84. The van der Waals surface area contributed by atoms with Gasteiger partial charge in [-0.2, -0.15) is 0 Å². The van der Waals surface area contributed by atoms with Crippen molar-refractivity contribution < 1.29 is 9.53 Å². The van der Waals surface area contributed by atoms with Crippen LogP contribution in [0.3, 0.4) is 0 Å². The van der Waals surface area contributed by atoms with Crippen molar-refractivity contribution in [2.45, 2.75) is 13.8 Å². The number of hydrogen-bond donors (Lipinski definition) is 1. The predicted molar refractivity (Wildman–Crippen MR) is 75.6 cm³/mol. The van der Waals surface area contributed by atoms with Gasteiger partial charge in [0, 0.05) is 0 Å². The van der Waals surface area contributed by atoms with Crippen LogP contribution < -0.4 is 0 Å². The molecule has 0 bridgehead atoms. The minimum Gasteiger partial charge on any atom is -0.461 e. The molecule has 0 aliphatic heterocycles. The number of esters is 1. The highest BCUT2D eigenvalue weighted by Crippen LogP contribution is 2.29. The van der Waals surface area contributed by atoms with E-state index in [0.29, 0.717) is 16.3 Å². The maximum absolute atomic E-state index is 11.8. The lowest BCUT2D eigenvalue weighted by atomic mass is 10.1. The Hall–Kier alpha value is -1.46. The summed E-state index contributed by atoms with van der Waals surface area (Å²) in [4.78, 5) is 15.6. The molecular formula is C13H13NO2S2. The lowest BCUT2D eigenvalue weighted by Crippen LogP contribution is -2.06. The van der Waals surface area contributed by atoms with E-state index in [9.17, 15) is 4.79 Å². The van der Waals surface area contributed by atoms with Crippen LogP contribution in [0.4, 0.5) is 0 Å². The number of ether oxygens (including phenoxy) is 1. The maximum atomic E-state index is 11.8. The van der Waals surface area contributed by atoms with E-state index >= 15 is 0 Å². The number of nitrogens with one attached hydrogen (secondary N) is 1. The van der Waals surface area contributed by atoms with Gasteiger partial charge in [-0.05, 0) is 31.6 Å². The van der Waals surface area contributed by atoms with E-state index in [1.165, 1.54) is 11.3 Å². The van der Waals surface area contributed by atoms with E-state index in [2.05, 4.69) is 4.98 Å². The molecule has 0 saturated heterocycles. The van der Waals surface area contributed by atoms with Gasteiger partial charge in [0.1, 0.15) is 5.69 Å². The first-order chi connectivity index (χ1) is 8.61. The van der Waals surface area contributed by atoms with Gasteiger partial charge in [-0.15, -0.1) is 11.3 Å². The van der Waals surface area contributed by atoms with E-state index in [1.807, 2.05) is 31.2 Å². The quantitative estimate of drug-likeness (QED) is 0.683. The zero-order valence-corrected chi connectivity index (χ0v) is 11.8. The molecule has 1 heterocycles. The van der Waals surface area contributed by atoms with E-state index in [1.54, 1.807) is 6.92 Å². The summed E-state index contributed by atoms with van der Waals surface area (Å²) in [7, 11) is 0. The Morgan fingerprint density at radius 2 is 2.28 bits per heavy atom. The van der Waals surface area contributed by atoms with Gasteiger partial charge in [0.15, 0.2) is 3.95 Å². The van der Waals surface area contributed by atoms with Gasteiger partial charge in [0.05, 0.1) is 11.5 Å². The Labute approximate surface area is 114 Å². The monoisotopic (exact) mass is 279 g/mol. The molecule has 0 saturated carbocycles. The second-order valence-corrected chi connectivity index (χ2v) is 5.50. The molecule has 2 aromatic rings. The third-order valence-corrected chi connectivity index (χ3v) is 3.69. The van der Waals surface area contributed by atoms with Crippen LogP contribution in [0.2, 0.25) is 0 Å². The third-order valence-electron chi connectivity index (χ3n) is 2.41. The Bertz CT molecular complexity index is 628. The number of rotatable bonds is 3. The molecule has 0 unspecified atom stereocenters. The summed E-state index contributed by atoms with van der Waals surface area (Å²) in [5, 5.41) is 0. The number of H-pyrrole nitrogens is 1. The standard InChI is InChI=1S/C13H13NO2S2/c1-3-16-12(15)10-11(18-13(17)14-10)9-6-4-5-8(2)7-9/h4-7H,3H2,1-2H3,(H,14,17). The van der Waals surface area contributed by atoms with Crippen LogP contribution in [-0.4, -0.2) is 17.6 Å². The number of hydrogen-bond acceptors (Lipinski definition) is 4. The second kappa shape index (κ2) is 5.46. The van der Waals surface area contributed by atoms with Crippen LogP contribution >= 0.6 is 23.6 Å². The van der Waals surface area contributed by atoms with E-state index < -0.39 is 0 Å². The molecule has 0 aliphatic rings. The molecule has 0 fully saturated rings. The highest BCUT2D eigenvalue weighted by molar-refractivity contribution is 7.73. The van der Waals surface area contributed by atoms with Gasteiger partial charge in [0.2, 0.25) is 0 Å². The van der Waals surface area contributed by atoms with Crippen molar-refractivity contribution in [3.05, 3.63) is 39.5 Å². The average Bonchev–Trinajstić information content (AvgIpc) is 2.72. The van der Waals surface area contributed by atoms with Gasteiger partial charge in [-0.1, -0.05) is 29.8 Å². The Morgan fingerprint density at radius 1 is 1.50 bits per heavy atom. The topological polar surface area (TPSA) is 42.1 Å².